The molecular formula is C14H18N2O4S2. The minimum absolute atomic E-state index is 0.593. The fourth-order valence-electron chi connectivity index (χ4n) is 1.44. The Morgan fingerprint density at radius 3 is 1.09 bits per heavy atom. The molecule has 6 nitrogen and oxygen atoms in total. The van der Waals surface area contributed by atoms with E-state index < -0.39 is 20.0 Å². The van der Waals surface area contributed by atoms with Gasteiger partial charge in [-0.25, -0.2) is 16.8 Å². The fraction of sp³-hybridized carbons (Fsp3) is 0.143. The van der Waals surface area contributed by atoms with Gasteiger partial charge in [0.15, 0.2) is 0 Å². The van der Waals surface area contributed by atoms with E-state index in [4.69, 9.17) is 0 Å². The van der Waals surface area contributed by atoms with Crippen molar-refractivity contribution >= 4 is 31.4 Å². The van der Waals surface area contributed by atoms with Gasteiger partial charge in [0, 0.05) is 11.4 Å². The maximum atomic E-state index is 10.7. The average molecular weight is 342 g/mol. The van der Waals surface area contributed by atoms with Gasteiger partial charge in [-0.3, -0.25) is 9.44 Å². The Morgan fingerprint density at radius 2 is 0.864 bits per heavy atom. The van der Waals surface area contributed by atoms with Gasteiger partial charge in [-0.05, 0) is 24.3 Å². The molecule has 0 saturated carbocycles. The minimum atomic E-state index is -3.13. The molecule has 0 heterocycles. The van der Waals surface area contributed by atoms with Crippen molar-refractivity contribution in [3.63, 3.8) is 0 Å². The summed E-state index contributed by atoms with van der Waals surface area (Å²) in [6.45, 7) is 0. The molecule has 22 heavy (non-hydrogen) atoms. The van der Waals surface area contributed by atoms with Crippen LogP contribution in [-0.2, 0) is 20.0 Å². The maximum absolute atomic E-state index is 10.7. The topological polar surface area (TPSA) is 92.3 Å². The minimum Gasteiger partial charge on any atom is -0.284 e. The highest BCUT2D eigenvalue weighted by Gasteiger charge is 1.99. The Hall–Kier alpha value is -2.06. The van der Waals surface area contributed by atoms with E-state index in [-0.39, 0.29) is 0 Å². The molecule has 0 saturated heterocycles. The number of benzene rings is 2. The number of rotatable bonds is 4. The van der Waals surface area contributed by atoms with Gasteiger partial charge in [0.1, 0.15) is 0 Å². The molecule has 120 valence electrons. The van der Waals surface area contributed by atoms with Crippen LogP contribution in [0.5, 0.6) is 0 Å². The molecule has 2 aromatic rings. The van der Waals surface area contributed by atoms with Crippen LogP contribution in [0.15, 0.2) is 60.7 Å². The van der Waals surface area contributed by atoms with Crippen LogP contribution in [0.25, 0.3) is 0 Å². The first-order valence-corrected chi connectivity index (χ1v) is 10.00. The summed E-state index contributed by atoms with van der Waals surface area (Å²) in [5.41, 5.74) is 1.19. The number of sulfonamides is 2. The van der Waals surface area contributed by atoms with Gasteiger partial charge in [-0.1, -0.05) is 36.4 Å². The van der Waals surface area contributed by atoms with Crippen molar-refractivity contribution in [1.82, 2.24) is 0 Å². The second-order valence-electron chi connectivity index (χ2n) is 4.48. The molecule has 2 rings (SSSR count). The largest absolute Gasteiger partial charge is 0.284 e. The molecule has 0 spiro atoms. The number of para-hydroxylation sites is 2. The summed E-state index contributed by atoms with van der Waals surface area (Å²) in [5, 5.41) is 0. The van der Waals surface area contributed by atoms with Crippen LogP contribution in [0, 0.1) is 0 Å². The van der Waals surface area contributed by atoms with Crippen molar-refractivity contribution < 1.29 is 16.8 Å². The van der Waals surface area contributed by atoms with Crippen LogP contribution in [-0.4, -0.2) is 29.3 Å². The van der Waals surface area contributed by atoms with E-state index in [1.54, 1.807) is 48.5 Å². The van der Waals surface area contributed by atoms with Crippen LogP contribution in [0.2, 0.25) is 0 Å². The van der Waals surface area contributed by atoms with Crippen molar-refractivity contribution in [1.29, 1.82) is 0 Å². The number of hydrogen-bond acceptors (Lipinski definition) is 4. The molecular weight excluding hydrogens is 324 g/mol. The van der Waals surface area contributed by atoms with Crippen molar-refractivity contribution in [2.75, 3.05) is 22.0 Å². The first-order valence-electron chi connectivity index (χ1n) is 6.21. The molecule has 0 atom stereocenters. The van der Waals surface area contributed by atoms with E-state index in [1.807, 2.05) is 12.1 Å². The monoisotopic (exact) mass is 342 g/mol. The second-order valence-corrected chi connectivity index (χ2v) is 7.98. The normalized spacial score (nSPS) is 11.0. The molecule has 2 aromatic carbocycles. The van der Waals surface area contributed by atoms with E-state index in [2.05, 4.69) is 9.44 Å². The molecule has 2 N–H and O–H groups in total. The Kier molecular flexibility index (Phi) is 6.39. The van der Waals surface area contributed by atoms with Crippen molar-refractivity contribution in [3.8, 4) is 0 Å². The summed E-state index contributed by atoms with van der Waals surface area (Å²) in [4.78, 5) is 0. The van der Waals surface area contributed by atoms with Crippen LogP contribution >= 0.6 is 0 Å². The molecule has 0 radical (unpaired) electrons. The highest BCUT2D eigenvalue weighted by atomic mass is 32.2. The van der Waals surface area contributed by atoms with E-state index in [1.165, 1.54) is 0 Å². The van der Waals surface area contributed by atoms with E-state index in [0.717, 1.165) is 12.5 Å². The lowest BCUT2D eigenvalue weighted by Crippen LogP contribution is -2.08. The fourth-order valence-corrected chi connectivity index (χ4v) is 2.57. The second kappa shape index (κ2) is 7.81. The van der Waals surface area contributed by atoms with Crippen LogP contribution in [0.1, 0.15) is 0 Å². The number of anilines is 2. The van der Waals surface area contributed by atoms with E-state index >= 15 is 0 Å². The Morgan fingerprint density at radius 1 is 0.591 bits per heavy atom. The molecule has 0 unspecified atom stereocenters. The smallest absolute Gasteiger partial charge is 0.229 e. The van der Waals surface area contributed by atoms with Gasteiger partial charge in [0.25, 0.3) is 0 Å². The van der Waals surface area contributed by atoms with Gasteiger partial charge in [0.05, 0.1) is 12.5 Å². The summed E-state index contributed by atoms with van der Waals surface area (Å²) in [6.07, 6.45) is 2.25. The third-order valence-electron chi connectivity index (χ3n) is 2.15. The highest BCUT2D eigenvalue weighted by molar-refractivity contribution is 7.92. The molecule has 0 fully saturated rings. The van der Waals surface area contributed by atoms with Crippen molar-refractivity contribution in [3.05, 3.63) is 60.7 Å². The lowest BCUT2D eigenvalue weighted by molar-refractivity contribution is 0.605. The van der Waals surface area contributed by atoms with Gasteiger partial charge in [0.2, 0.25) is 20.0 Å². The Bertz CT molecular complexity index is 705. The van der Waals surface area contributed by atoms with Gasteiger partial charge in [-0.2, -0.15) is 0 Å². The molecule has 0 aliphatic heterocycles. The predicted molar refractivity (Wildman–Crippen MR) is 89.8 cm³/mol. The third-order valence-corrected chi connectivity index (χ3v) is 3.37. The zero-order valence-electron chi connectivity index (χ0n) is 12.2. The Balaban J connectivity index is 0.000000220. The summed E-state index contributed by atoms with van der Waals surface area (Å²) in [5.74, 6) is 0. The van der Waals surface area contributed by atoms with Gasteiger partial charge >= 0.3 is 0 Å². The first kappa shape index (κ1) is 18.0. The first-order chi connectivity index (χ1) is 10.2. The number of nitrogens with one attached hydrogen (secondary N) is 2. The summed E-state index contributed by atoms with van der Waals surface area (Å²) in [7, 11) is -6.25. The van der Waals surface area contributed by atoms with E-state index in [9.17, 15) is 16.8 Å². The zero-order valence-corrected chi connectivity index (χ0v) is 13.9. The molecule has 0 amide bonds. The summed E-state index contributed by atoms with van der Waals surface area (Å²) >= 11 is 0. The SMILES string of the molecule is CS(=O)(=O)Nc1ccccc1.CS(=O)(=O)Nc1ccccc1. The van der Waals surface area contributed by atoms with E-state index in [0.29, 0.717) is 11.4 Å². The molecule has 0 bridgehead atoms. The Labute approximate surface area is 131 Å². The highest BCUT2D eigenvalue weighted by Crippen LogP contribution is 2.06. The van der Waals surface area contributed by atoms with Crippen molar-refractivity contribution in [2.24, 2.45) is 0 Å². The number of hydrogen-bond donors (Lipinski definition) is 2. The lowest BCUT2D eigenvalue weighted by Gasteiger charge is -2.01. The zero-order chi connectivity index (χ0) is 16.6. The lowest BCUT2D eigenvalue weighted by atomic mass is 10.3. The van der Waals surface area contributed by atoms with Gasteiger partial charge < -0.3 is 0 Å². The van der Waals surface area contributed by atoms with Crippen molar-refractivity contribution in [2.45, 2.75) is 0 Å². The van der Waals surface area contributed by atoms with Gasteiger partial charge in [-0.15, -0.1) is 0 Å². The standard InChI is InChI=1S/2C7H9NO2S/c2*1-11(9,10)8-7-5-3-2-4-6-7/h2*2-6,8H,1H3. The summed E-state index contributed by atoms with van der Waals surface area (Å²) in [6, 6.07) is 17.5. The average Bonchev–Trinajstić information content (AvgIpc) is 2.38. The molecule has 0 aliphatic rings. The third kappa shape index (κ3) is 8.98. The molecule has 0 aromatic heterocycles. The quantitative estimate of drug-likeness (QED) is 0.890. The molecule has 0 aliphatic carbocycles. The van der Waals surface area contributed by atoms with Crippen LogP contribution in [0.4, 0.5) is 11.4 Å². The maximum Gasteiger partial charge on any atom is 0.229 e. The predicted octanol–water partition coefficient (Wildman–Crippen LogP) is 2.12. The van der Waals surface area contributed by atoms with Crippen LogP contribution < -0.4 is 9.44 Å². The summed E-state index contributed by atoms with van der Waals surface area (Å²) < 4.78 is 47.5. The molecule has 8 heteroatoms. The van der Waals surface area contributed by atoms with Crippen LogP contribution in [0.3, 0.4) is 0 Å².